The normalized spacial score (nSPS) is 9.18. The van der Waals surface area contributed by atoms with Gasteiger partial charge in [-0.1, -0.05) is 11.6 Å². The molecule has 0 radical (unpaired) electrons. The molecule has 4 heteroatoms. The second kappa shape index (κ2) is 3.28. The zero-order chi connectivity index (χ0) is 8.43. The number of nitrogens with two attached hydrogens (primary N) is 1. The molecule has 0 aliphatic heterocycles. The van der Waals surface area contributed by atoms with Gasteiger partial charge < -0.3 is 5.73 Å². The van der Waals surface area contributed by atoms with Gasteiger partial charge in [-0.25, -0.2) is 0 Å². The lowest BCUT2D eigenvalue weighted by molar-refractivity contribution is 1.46. The molecule has 1 aromatic carbocycles. The molecule has 0 unspecified atom stereocenters. The van der Waals surface area contributed by atoms with Crippen LogP contribution in [0, 0.1) is 14.9 Å². The summed E-state index contributed by atoms with van der Waals surface area (Å²) in [6.45, 7) is 0. The highest BCUT2D eigenvalue weighted by atomic mass is 127. The van der Waals surface area contributed by atoms with Gasteiger partial charge in [0.1, 0.15) is 6.07 Å². The lowest BCUT2D eigenvalue weighted by Gasteiger charge is -2.00. The third kappa shape index (κ3) is 1.57. The fraction of sp³-hybridized carbons (Fsp3) is 0. The van der Waals surface area contributed by atoms with E-state index in [2.05, 4.69) is 0 Å². The van der Waals surface area contributed by atoms with Crippen molar-refractivity contribution in [3.63, 3.8) is 0 Å². The Morgan fingerprint density at radius 2 is 2.18 bits per heavy atom. The molecule has 0 heterocycles. The van der Waals surface area contributed by atoms with Crippen LogP contribution in [0.25, 0.3) is 0 Å². The van der Waals surface area contributed by atoms with Crippen molar-refractivity contribution in [2.75, 3.05) is 5.73 Å². The fourth-order valence-electron chi connectivity index (χ4n) is 0.651. The third-order valence-corrected chi connectivity index (χ3v) is 3.08. The van der Waals surface area contributed by atoms with Crippen molar-refractivity contribution in [2.24, 2.45) is 0 Å². The monoisotopic (exact) mass is 278 g/mol. The van der Waals surface area contributed by atoms with Crippen LogP contribution in [0.1, 0.15) is 5.56 Å². The van der Waals surface area contributed by atoms with Gasteiger partial charge in [-0.2, -0.15) is 5.26 Å². The number of hydrogen-bond donors (Lipinski definition) is 1. The maximum Gasteiger partial charge on any atom is 0.100 e. The number of nitriles is 1. The Kier molecular flexibility index (Phi) is 2.58. The van der Waals surface area contributed by atoms with E-state index in [9.17, 15) is 0 Å². The highest BCUT2D eigenvalue weighted by molar-refractivity contribution is 14.1. The van der Waals surface area contributed by atoms with E-state index in [0.29, 0.717) is 19.8 Å². The Labute approximate surface area is 83.1 Å². The summed E-state index contributed by atoms with van der Waals surface area (Å²) in [5, 5.41) is 9.04. The van der Waals surface area contributed by atoms with Crippen LogP contribution in [0.2, 0.25) is 5.02 Å². The lowest BCUT2D eigenvalue weighted by Crippen LogP contribution is -1.90. The molecule has 0 saturated heterocycles. The SMILES string of the molecule is N#Cc1ccc(N)c(Cl)c1I. The molecule has 1 rings (SSSR count). The topological polar surface area (TPSA) is 49.8 Å². The largest absolute Gasteiger partial charge is 0.397 e. The average molecular weight is 278 g/mol. The smallest absolute Gasteiger partial charge is 0.100 e. The van der Waals surface area contributed by atoms with Gasteiger partial charge in [-0.3, -0.25) is 0 Å². The minimum atomic E-state index is 0.463. The van der Waals surface area contributed by atoms with Gasteiger partial charge >= 0.3 is 0 Å². The predicted molar refractivity (Wildman–Crippen MR) is 53.3 cm³/mol. The van der Waals surface area contributed by atoms with Crippen LogP contribution in [0.3, 0.4) is 0 Å². The standard InChI is InChI=1S/C7H4ClIN2/c8-6-5(11)2-1-4(3-10)7(6)9/h1-2H,11H2. The molecule has 0 aliphatic rings. The number of halogens is 2. The molecule has 0 fully saturated rings. The van der Waals surface area contributed by atoms with E-state index in [4.69, 9.17) is 22.6 Å². The minimum Gasteiger partial charge on any atom is -0.397 e. The van der Waals surface area contributed by atoms with Crippen molar-refractivity contribution in [1.29, 1.82) is 5.26 Å². The first-order chi connectivity index (χ1) is 5.16. The molecule has 0 saturated carbocycles. The molecule has 11 heavy (non-hydrogen) atoms. The highest BCUT2D eigenvalue weighted by Gasteiger charge is 2.05. The van der Waals surface area contributed by atoms with E-state index < -0.39 is 0 Å². The van der Waals surface area contributed by atoms with E-state index in [1.165, 1.54) is 0 Å². The number of nitrogens with zero attached hydrogens (tertiary/aromatic N) is 1. The minimum absolute atomic E-state index is 0.463. The molecule has 0 spiro atoms. The van der Waals surface area contributed by atoms with Crippen LogP contribution in [-0.2, 0) is 0 Å². The summed E-state index contributed by atoms with van der Waals surface area (Å²) >= 11 is 7.77. The Morgan fingerprint density at radius 1 is 1.55 bits per heavy atom. The summed E-state index contributed by atoms with van der Waals surface area (Å²) in [7, 11) is 0. The summed E-state index contributed by atoms with van der Waals surface area (Å²) in [5.74, 6) is 0. The van der Waals surface area contributed by atoms with Gasteiger partial charge in [0.15, 0.2) is 0 Å². The Hall–Kier alpha value is -0.470. The first-order valence-corrected chi connectivity index (χ1v) is 4.26. The van der Waals surface area contributed by atoms with E-state index in [1.807, 2.05) is 28.7 Å². The fourth-order valence-corrected chi connectivity index (χ4v) is 1.43. The molecule has 2 nitrogen and oxygen atoms in total. The van der Waals surface area contributed by atoms with Gasteiger partial charge in [0.2, 0.25) is 0 Å². The van der Waals surface area contributed by atoms with Crippen molar-refractivity contribution in [3.05, 3.63) is 26.3 Å². The van der Waals surface area contributed by atoms with E-state index in [-0.39, 0.29) is 0 Å². The predicted octanol–water partition coefficient (Wildman–Crippen LogP) is 2.40. The van der Waals surface area contributed by atoms with Crippen LogP contribution in [0.15, 0.2) is 12.1 Å². The lowest BCUT2D eigenvalue weighted by atomic mass is 10.2. The van der Waals surface area contributed by atoms with Crippen molar-refractivity contribution in [3.8, 4) is 6.07 Å². The summed E-state index contributed by atoms with van der Waals surface area (Å²) in [5.41, 5.74) is 6.57. The summed E-state index contributed by atoms with van der Waals surface area (Å²) in [4.78, 5) is 0. The first-order valence-electron chi connectivity index (χ1n) is 2.80. The quantitative estimate of drug-likeness (QED) is 0.585. The molecule has 0 aliphatic carbocycles. The maximum absolute atomic E-state index is 8.58. The van der Waals surface area contributed by atoms with Crippen LogP contribution in [0.5, 0.6) is 0 Å². The first kappa shape index (κ1) is 8.62. The number of nitrogen functional groups attached to an aromatic ring is 1. The molecular weight excluding hydrogens is 274 g/mol. The van der Waals surface area contributed by atoms with E-state index in [0.717, 1.165) is 0 Å². The van der Waals surface area contributed by atoms with Gasteiger partial charge in [0.25, 0.3) is 0 Å². The van der Waals surface area contributed by atoms with Crippen molar-refractivity contribution < 1.29 is 0 Å². The zero-order valence-corrected chi connectivity index (χ0v) is 8.35. The average Bonchev–Trinajstić information content (AvgIpc) is 2.01. The van der Waals surface area contributed by atoms with Gasteiger partial charge in [-0.15, -0.1) is 0 Å². The Balaban J connectivity index is 3.40. The summed E-state index contributed by atoms with van der Waals surface area (Å²) in [6.07, 6.45) is 0. The Morgan fingerprint density at radius 3 is 2.73 bits per heavy atom. The van der Waals surface area contributed by atoms with Gasteiger partial charge in [0, 0.05) is 0 Å². The maximum atomic E-state index is 8.58. The highest BCUT2D eigenvalue weighted by Crippen LogP contribution is 2.27. The molecule has 2 N–H and O–H groups in total. The second-order valence-electron chi connectivity index (χ2n) is 1.94. The second-order valence-corrected chi connectivity index (χ2v) is 3.40. The zero-order valence-electron chi connectivity index (χ0n) is 5.44. The summed E-state index contributed by atoms with van der Waals surface area (Å²) in [6, 6.07) is 5.30. The molecule has 0 amide bonds. The molecule has 56 valence electrons. The molecule has 1 aromatic rings. The number of anilines is 1. The van der Waals surface area contributed by atoms with Crippen LogP contribution < -0.4 is 5.73 Å². The number of rotatable bonds is 0. The van der Waals surface area contributed by atoms with Crippen molar-refractivity contribution in [2.45, 2.75) is 0 Å². The van der Waals surface area contributed by atoms with E-state index in [1.54, 1.807) is 12.1 Å². The van der Waals surface area contributed by atoms with E-state index >= 15 is 0 Å². The molecule has 0 aromatic heterocycles. The molecule has 0 bridgehead atoms. The number of benzene rings is 1. The summed E-state index contributed by atoms with van der Waals surface area (Å²) < 4.78 is 0.715. The molecule has 0 atom stereocenters. The van der Waals surface area contributed by atoms with Crippen molar-refractivity contribution in [1.82, 2.24) is 0 Å². The van der Waals surface area contributed by atoms with Crippen molar-refractivity contribution >= 4 is 39.9 Å². The van der Waals surface area contributed by atoms with Crippen LogP contribution >= 0.6 is 34.2 Å². The van der Waals surface area contributed by atoms with Gasteiger partial charge in [0.05, 0.1) is 19.8 Å². The van der Waals surface area contributed by atoms with Crippen LogP contribution in [-0.4, -0.2) is 0 Å². The Bertz CT molecular complexity index is 330. The number of hydrogen-bond acceptors (Lipinski definition) is 2. The third-order valence-electron chi connectivity index (χ3n) is 1.23. The van der Waals surface area contributed by atoms with Gasteiger partial charge in [-0.05, 0) is 34.7 Å². The van der Waals surface area contributed by atoms with Crippen LogP contribution in [0.4, 0.5) is 5.69 Å². The molecular formula is C7H4ClIN2.